The van der Waals surface area contributed by atoms with Crippen LogP contribution >= 0.6 is 0 Å². The second-order valence-electron chi connectivity index (χ2n) is 6.88. The smallest absolute Gasteiger partial charge is 0.119 e. The fourth-order valence-corrected chi connectivity index (χ4v) is 3.67. The number of aryl methyl sites for hydroxylation is 1. The number of hydrogen-bond acceptors (Lipinski definition) is 3. The third-order valence-electron chi connectivity index (χ3n) is 4.71. The molecule has 2 aromatic carbocycles. The third-order valence-corrected chi connectivity index (χ3v) is 4.71. The predicted molar refractivity (Wildman–Crippen MR) is 99.4 cm³/mol. The lowest BCUT2D eigenvalue weighted by atomic mass is 9.88. The van der Waals surface area contributed by atoms with Crippen LogP contribution in [0, 0.1) is 6.92 Å². The number of benzene rings is 2. The lowest BCUT2D eigenvalue weighted by molar-refractivity contribution is 0.181. The van der Waals surface area contributed by atoms with Crippen LogP contribution in [0.3, 0.4) is 0 Å². The molecule has 0 aliphatic carbocycles. The van der Waals surface area contributed by atoms with E-state index in [0.717, 1.165) is 31.8 Å². The van der Waals surface area contributed by atoms with Gasteiger partial charge < -0.3 is 10.5 Å². The summed E-state index contributed by atoms with van der Waals surface area (Å²) in [6, 6.07) is 17.5. The van der Waals surface area contributed by atoms with Gasteiger partial charge in [0.05, 0.1) is 6.61 Å². The molecule has 0 radical (unpaired) electrons. The van der Waals surface area contributed by atoms with Gasteiger partial charge in [-0.1, -0.05) is 42.0 Å². The summed E-state index contributed by atoms with van der Waals surface area (Å²) >= 11 is 0. The van der Waals surface area contributed by atoms with E-state index in [1.807, 2.05) is 6.92 Å². The first-order chi connectivity index (χ1) is 11.6. The van der Waals surface area contributed by atoms with Crippen LogP contribution in [0.2, 0.25) is 0 Å². The monoisotopic (exact) mass is 324 g/mol. The molecular formula is C21H28N2O. The molecule has 2 atom stereocenters. The highest BCUT2D eigenvalue weighted by Crippen LogP contribution is 2.28. The van der Waals surface area contributed by atoms with Gasteiger partial charge in [-0.3, -0.25) is 4.90 Å². The molecule has 1 aliphatic heterocycles. The first-order valence-corrected chi connectivity index (χ1v) is 8.90. The summed E-state index contributed by atoms with van der Waals surface area (Å²) in [5.41, 5.74) is 10.4. The summed E-state index contributed by atoms with van der Waals surface area (Å²) in [6.45, 7) is 7.88. The maximum Gasteiger partial charge on any atom is 0.119 e. The zero-order chi connectivity index (χ0) is 16.9. The minimum Gasteiger partial charge on any atom is -0.494 e. The number of ether oxygens (including phenoxy) is 1. The van der Waals surface area contributed by atoms with Crippen LogP contribution in [0.5, 0.6) is 5.75 Å². The Hall–Kier alpha value is -1.84. The molecule has 2 aromatic rings. The number of likely N-dealkylation sites (tertiary alicyclic amines) is 1. The Morgan fingerprint density at radius 2 is 1.92 bits per heavy atom. The number of hydrogen-bond donors (Lipinski definition) is 1. The predicted octanol–water partition coefficient (Wildman–Crippen LogP) is 3.71. The molecule has 0 spiro atoms. The van der Waals surface area contributed by atoms with Crippen LogP contribution in [0.4, 0.5) is 0 Å². The third kappa shape index (κ3) is 4.37. The van der Waals surface area contributed by atoms with Crippen molar-refractivity contribution in [2.24, 2.45) is 5.73 Å². The van der Waals surface area contributed by atoms with Gasteiger partial charge in [-0.05, 0) is 49.4 Å². The molecule has 1 heterocycles. The molecule has 24 heavy (non-hydrogen) atoms. The van der Waals surface area contributed by atoms with E-state index >= 15 is 0 Å². The van der Waals surface area contributed by atoms with E-state index in [0.29, 0.717) is 12.5 Å². The zero-order valence-electron chi connectivity index (χ0n) is 14.7. The van der Waals surface area contributed by atoms with Gasteiger partial charge in [0.2, 0.25) is 0 Å². The van der Waals surface area contributed by atoms with Crippen molar-refractivity contribution < 1.29 is 4.74 Å². The van der Waals surface area contributed by atoms with Crippen LogP contribution in [0.25, 0.3) is 0 Å². The van der Waals surface area contributed by atoms with E-state index < -0.39 is 0 Å². The molecule has 0 aromatic heterocycles. The molecule has 1 saturated heterocycles. The van der Waals surface area contributed by atoms with E-state index in [-0.39, 0.29) is 6.04 Å². The Balaban J connectivity index is 1.68. The van der Waals surface area contributed by atoms with Crippen molar-refractivity contribution >= 4 is 0 Å². The Kier molecular flexibility index (Phi) is 5.54. The maximum atomic E-state index is 6.35. The number of nitrogens with two attached hydrogens (primary N) is 1. The largest absolute Gasteiger partial charge is 0.494 e. The highest BCUT2D eigenvalue weighted by molar-refractivity contribution is 5.30. The summed E-state index contributed by atoms with van der Waals surface area (Å²) in [5.74, 6) is 1.44. The van der Waals surface area contributed by atoms with Gasteiger partial charge in [0.1, 0.15) is 5.75 Å². The van der Waals surface area contributed by atoms with E-state index in [2.05, 4.69) is 60.4 Å². The zero-order valence-corrected chi connectivity index (χ0v) is 14.7. The molecule has 0 saturated carbocycles. The Morgan fingerprint density at radius 1 is 1.12 bits per heavy atom. The highest BCUT2D eigenvalue weighted by Gasteiger charge is 2.26. The first-order valence-electron chi connectivity index (χ1n) is 8.90. The second-order valence-corrected chi connectivity index (χ2v) is 6.88. The molecule has 2 unspecified atom stereocenters. The van der Waals surface area contributed by atoms with Crippen molar-refractivity contribution in [2.75, 3.05) is 19.7 Å². The quantitative estimate of drug-likeness (QED) is 0.911. The molecule has 3 nitrogen and oxygen atoms in total. The molecule has 1 aliphatic rings. The van der Waals surface area contributed by atoms with Crippen molar-refractivity contribution in [1.29, 1.82) is 0 Å². The molecule has 3 heteroatoms. The van der Waals surface area contributed by atoms with E-state index in [1.54, 1.807) is 0 Å². The van der Waals surface area contributed by atoms with E-state index in [1.165, 1.54) is 16.7 Å². The summed E-state index contributed by atoms with van der Waals surface area (Å²) in [6.07, 6.45) is 1.05. The maximum absolute atomic E-state index is 6.35. The Labute approximate surface area is 145 Å². The van der Waals surface area contributed by atoms with Crippen LogP contribution in [-0.4, -0.2) is 30.6 Å². The van der Waals surface area contributed by atoms with Crippen molar-refractivity contribution in [3.05, 3.63) is 65.2 Å². The minimum absolute atomic E-state index is 0.236. The van der Waals surface area contributed by atoms with Crippen LogP contribution in [0.1, 0.15) is 36.0 Å². The van der Waals surface area contributed by atoms with Crippen molar-refractivity contribution in [3.63, 3.8) is 0 Å². The van der Waals surface area contributed by atoms with E-state index in [4.69, 9.17) is 10.5 Å². The van der Waals surface area contributed by atoms with Crippen molar-refractivity contribution in [1.82, 2.24) is 4.90 Å². The number of rotatable bonds is 5. The number of nitrogens with zero attached hydrogens (tertiary/aromatic N) is 1. The average molecular weight is 324 g/mol. The van der Waals surface area contributed by atoms with Gasteiger partial charge >= 0.3 is 0 Å². The topological polar surface area (TPSA) is 38.5 Å². The van der Waals surface area contributed by atoms with Gasteiger partial charge in [-0.25, -0.2) is 0 Å². The second kappa shape index (κ2) is 7.82. The van der Waals surface area contributed by atoms with Crippen molar-refractivity contribution in [2.45, 2.75) is 38.8 Å². The van der Waals surface area contributed by atoms with Gasteiger partial charge in [0.25, 0.3) is 0 Å². The molecule has 1 fully saturated rings. The highest BCUT2D eigenvalue weighted by atomic mass is 16.5. The normalized spacial score (nSPS) is 21.6. The van der Waals surface area contributed by atoms with Gasteiger partial charge in [-0.2, -0.15) is 0 Å². The summed E-state index contributed by atoms with van der Waals surface area (Å²) in [4.78, 5) is 2.49. The molecule has 128 valence electrons. The standard InChI is InChI=1S/C21H28N2O/c1-3-24-21-9-7-18(8-10-21)19-12-20(22)15-23(14-19)13-17-6-4-5-16(2)11-17/h4-11,19-20H,3,12-15,22H2,1-2H3. The lowest BCUT2D eigenvalue weighted by Crippen LogP contribution is -2.45. The Morgan fingerprint density at radius 3 is 2.62 bits per heavy atom. The fourth-order valence-electron chi connectivity index (χ4n) is 3.67. The molecule has 0 bridgehead atoms. The van der Waals surface area contributed by atoms with Crippen molar-refractivity contribution in [3.8, 4) is 5.75 Å². The minimum atomic E-state index is 0.236. The SMILES string of the molecule is CCOc1ccc(C2CC(N)CN(Cc3cccc(C)c3)C2)cc1. The van der Waals surface area contributed by atoms with Crippen LogP contribution < -0.4 is 10.5 Å². The molecule has 2 N–H and O–H groups in total. The fraction of sp³-hybridized carbons (Fsp3) is 0.429. The van der Waals surface area contributed by atoms with E-state index in [9.17, 15) is 0 Å². The average Bonchev–Trinajstić information content (AvgIpc) is 2.55. The van der Waals surface area contributed by atoms with Gasteiger partial charge in [0.15, 0.2) is 0 Å². The summed E-state index contributed by atoms with van der Waals surface area (Å²) in [7, 11) is 0. The Bertz CT molecular complexity index is 653. The summed E-state index contributed by atoms with van der Waals surface area (Å²) < 4.78 is 5.55. The number of piperidine rings is 1. The molecular weight excluding hydrogens is 296 g/mol. The van der Waals surface area contributed by atoms with Gasteiger partial charge in [-0.15, -0.1) is 0 Å². The molecule has 0 amide bonds. The van der Waals surface area contributed by atoms with Crippen LogP contribution in [0.15, 0.2) is 48.5 Å². The first kappa shape index (κ1) is 17.0. The summed E-state index contributed by atoms with van der Waals surface area (Å²) in [5, 5.41) is 0. The van der Waals surface area contributed by atoms with Crippen LogP contribution in [-0.2, 0) is 6.54 Å². The lowest BCUT2D eigenvalue weighted by Gasteiger charge is -2.36. The van der Waals surface area contributed by atoms with Gasteiger partial charge in [0, 0.05) is 25.7 Å². The molecule has 3 rings (SSSR count).